The fourth-order valence-corrected chi connectivity index (χ4v) is 0.626. The van der Waals surface area contributed by atoms with E-state index in [4.69, 9.17) is 11.5 Å². The van der Waals surface area contributed by atoms with E-state index < -0.39 is 11.9 Å². The first kappa shape index (κ1) is 10.9. The Balaban J connectivity index is 3.78. The van der Waals surface area contributed by atoms with Gasteiger partial charge in [-0.05, 0) is 0 Å². The molecule has 1 unspecified atom stereocenters. The fraction of sp³-hybridized carbons (Fsp3) is 0.667. The van der Waals surface area contributed by atoms with Crippen LogP contribution in [0.25, 0.3) is 0 Å². The van der Waals surface area contributed by atoms with Crippen molar-refractivity contribution in [1.82, 2.24) is 10.6 Å². The summed E-state index contributed by atoms with van der Waals surface area (Å²) in [5, 5.41) is 4.67. The number of nitrogens with two attached hydrogens (primary N) is 2. The Morgan fingerprint density at radius 1 is 1.50 bits per heavy atom. The molecule has 0 saturated carbocycles. The van der Waals surface area contributed by atoms with E-state index in [1.165, 1.54) is 7.05 Å². The molecule has 0 aliphatic heterocycles. The van der Waals surface area contributed by atoms with Crippen LogP contribution in [0.5, 0.6) is 0 Å². The second-order valence-corrected chi connectivity index (χ2v) is 2.23. The first-order valence-electron chi connectivity index (χ1n) is 3.55. The van der Waals surface area contributed by atoms with Gasteiger partial charge in [-0.2, -0.15) is 0 Å². The maximum Gasteiger partial charge on any atom is 0.238 e. The molecule has 0 aliphatic carbocycles. The molecule has 2 amide bonds. The highest BCUT2D eigenvalue weighted by Crippen LogP contribution is 1.86. The molecule has 0 heterocycles. The van der Waals surface area contributed by atoms with E-state index >= 15 is 0 Å². The van der Waals surface area contributed by atoms with Crippen molar-refractivity contribution >= 4 is 11.8 Å². The Hall–Kier alpha value is -1.14. The molecule has 0 aromatic heterocycles. The number of rotatable bonds is 4. The maximum absolute atomic E-state index is 10.9. The summed E-state index contributed by atoms with van der Waals surface area (Å²) in [6.07, 6.45) is -0.0255. The predicted octanol–water partition coefficient (Wildman–Crippen LogP) is -2.52. The molecule has 0 rings (SSSR count). The van der Waals surface area contributed by atoms with Gasteiger partial charge in [-0.25, -0.2) is 0 Å². The molecule has 12 heavy (non-hydrogen) atoms. The van der Waals surface area contributed by atoms with Crippen LogP contribution in [0.2, 0.25) is 0 Å². The van der Waals surface area contributed by atoms with Crippen molar-refractivity contribution in [3.63, 3.8) is 0 Å². The zero-order valence-electron chi connectivity index (χ0n) is 6.96. The van der Waals surface area contributed by atoms with Crippen LogP contribution in [0.4, 0.5) is 0 Å². The zero-order chi connectivity index (χ0) is 9.56. The molecule has 6 N–H and O–H groups in total. The number of carbonyl (C=O) groups excluding carboxylic acids is 2. The molecule has 0 aliphatic rings. The lowest BCUT2D eigenvalue weighted by molar-refractivity contribution is -0.127. The Kier molecular flexibility index (Phi) is 4.98. The lowest BCUT2D eigenvalue weighted by Crippen LogP contribution is -2.45. The maximum atomic E-state index is 10.9. The largest absolute Gasteiger partial charge is 0.359 e. The Labute approximate surface area is 70.7 Å². The zero-order valence-corrected chi connectivity index (χ0v) is 6.96. The first-order chi connectivity index (χ1) is 5.61. The Bertz CT molecular complexity index is 171. The van der Waals surface area contributed by atoms with Gasteiger partial charge in [-0.15, -0.1) is 0 Å². The highest BCUT2D eigenvalue weighted by atomic mass is 16.2. The number of amides is 2. The van der Waals surface area contributed by atoms with E-state index in [9.17, 15) is 9.59 Å². The highest BCUT2D eigenvalue weighted by molar-refractivity contribution is 5.87. The average Bonchev–Trinajstić information content (AvgIpc) is 2.04. The quantitative estimate of drug-likeness (QED) is 0.352. The van der Waals surface area contributed by atoms with Gasteiger partial charge in [0.1, 0.15) is 0 Å². The predicted molar refractivity (Wildman–Crippen MR) is 43.9 cm³/mol. The Morgan fingerprint density at radius 3 is 2.50 bits per heavy atom. The highest BCUT2D eigenvalue weighted by Gasteiger charge is 2.15. The van der Waals surface area contributed by atoms with Gasteiger partial charge >= 0.3 is 0 Å². The molecule has 6 nitrogen and oxygen atoms in total. The fourth-order valence-electron chi connectivity index (χ4n) is 0.626. The lowest BCUT2D eigenvalue weighted by Gasteiger charge is -2.09. The van der Waals surface area contributed by atoms with E-state index in [0.717, 1.165) is 0 Å². The van der Waals surface area contributed by atoms with E-state index in [0.29, 0.717) is 0 Å². The van der Waals surface area contributed by atoms with Crippen molar-refractivity contribution in [3.05, 3.63) is 0 Å². The van der Waals surface area contributed by atoms with Gasteiger partial charge in [0, 0.05) is 7.05 Å². The summed E-state index contributed by atoms with van der Waals surface area (Å²) < 4.78 is 0. The summed E-state index contributed by atoms with van der Waals surface area (Å²) in [5.74, 6) is -0.684. The SMILES string of the molecule is CNC(=O)CC(N)C(=O)NCN. The minimum absolute atomic E-state index is 0.0255. The summed E-state index contributed by atoms with van der Waals surface area (Å²) in [5.41, 5.74) is 10.4. The molecule has 0 fully saturated rings. The second-order valence-electron chi connectivity index (χ2n) is 2.23. The minimum Gasteiger partial charge on any atom is -0.359 e. The van der Waals surface area contributed by atoms with Gasteiger partial charge in [0.15, 0.2) is 0 Å². The molecule has 6 heteroatoms. The summed E-state index contributed by atoms with van der Waals surface area (Å²) in [6, 6.07) is -0.825. The normalized spacial score (nSPS) is 11.9. The van der Waals surface area contributed by atoms with E-state index in [2.05, 4.69) is 10.6 Å². The van der Waals surface area contributed by atoms with Crippen LogP contribution in [0.3, 0.4) is 0 Å². The van der Waals surface area contributed by atoms with Gasteiger partial charge in [0.2, 0.25) is 11.8 Å². The van der Waals surface area contributed by atoms with Crippen molar-refractivity contribution in [3.8, 4) is 0 Å². The van der Waals surface area contributed by atoms with Gasteiger partial charge in [0.25, 0.3) is 0 Å². The van der Waals surface area contributed by atoms with Crippen LogP contribution in [-0.4, -0.2) is 31.6 Å². The van der Waals surface area contributed by atoms with Crippen LogP contribution in [0.15, 0.2) is 0 Å². The summed E-state index contributed by atoms with van der Waals surface area (Å²) >= 11 is 0. The number of nitrogens with one attached hydrogen (secondary N) is 2. The topological polar surface area (TPSA) is 110 Å². The molecule has 1 atom stereocenters. The molecular formula is C6H14N4O2. The van der Waals surface area contributed by atoms with Gasteiger partial charge < -0.3 is 22.1 Å². The average molecular weight is 174 g/mol. The van der Waals surface area contributed by atoms with Crippen molar-refractivity contribution in [2.24, 2.45) is 11.5 Å². The molecule has 0 radical (unpaired) electrons. The Morgan fingerprint density at radius 2 is 2.08 bits per heavy atom. The van der Waals surface area contributed by atoms with Gasteiger partial charge in [0.05, 0.1) is 19.1 Å². The summed E-state index contributed by atoms with van der Waals surface area (Å²) in [4.78, 5) is 21.6. The van der Waals surface area contributed by atoms with Gasteiger partial charge in [-0.3, -0.25) is 9.59 Å². The minimum atomic E-state index is -0.825. The van der Waals surface area contributed by atoms with Crippen molar-refractivity contribution in [1.29, 1.82) is 0 Å². The molecule has 70 valence electrons. The van der Waals surface area contributed by atoms with E-state index in [1.807, 2.05) is 0 Å². The van der Waals surface area contributed by atoms with Crippen LogP contribution in [-0.2, 0) is 9.59 Å². The van der Waals surface area contributed by atoms with Crippen LogP contribution in [0.1, 0.15) is 6.42 Å². The van der Waals surface area contributed by atoms with Crippen LogP contribution < -0.4 is 22.1 Å². The lowest BCUT2D eigenvalue weighted by atomic mass is 10.2. The third kappa shape index (κ3) is 3.89. The van der Waals surface area contributed by atoms with Crippen molar-refractivity contribution in [2.75, 3.05) is 13.7 Å². The van der Waals surface area contributed by atoms with Crippen LogP contribution in [0, 0.1) is 0 Å². The van der Waals surface area contributed by atoms with Crippen LogP contribution >= 0.6 is 0 Å². The third-order valence-corrected chi connectivity index (χ3v) is 1.30. The second kappa shape index (κ2) is 5.50. The number of carbonyl (C=O) groups is 2. The smallest absolute Gasteiger partial charge is 0.238 e. The standard InChI is InChI=1S/C6H14N4O2/c1-9-5(11)2-4(8)6(12)10-3-7/h4H,2-3,7-8H2,1H3,(H,9,11)(H,10,12). The summed E-state index contributed by atoms with van der Waals surface area (Å²) in [7, 11) is 1.48. The van der Waals surface area contributed by atoms with Gasteiger partial charge in [-0.1, -0.05) is 0 Å². The molecule has 0 saturated heterocycles. The summed E-state index contributed by atoms with van der Waals surface area (Å²) in [6.45, 7) is 0.0281. The first-order valence-corrected chi connectivity index (χ1v) is 3.55. The molecule has 0 bridgehead atoms. The molecular weight excluding hydrogens is 160 g/mol. The van der Waals surface area contributed by atoms with Crippen molar-refractivity contribution in [2.45, 2.75) is 12.5 Å². The van der Waals surface area contributed by atoms with E-state index in [1.54, 1.807) is 0 Å². The molecule has 0 aromatic carbocycles. The molecule has 0 aromatic rings. The monoisotopic (exact) mass is 174 g/mol. The molecule has 0 spiro atoms. The third-order valence-electron chi connectivity index (χ3n) is 1.30. The van der Waals surface area contributed by atoms with Crippen molar-refractivity contribution < 1.29 is 9.59 Å². The number of hydrogen-bond donors (Lipinski definition) is 4. The van der Waals surface area contributed by atoms with E-state index in [-0.39, 0.29) is 19.0 Å². The number of hydrogen-bond acceptors (Lipinski definition) is 4.